The van der Waals surface area contributed by atoms with Gasteiger partial charge in [-0.2, -0.15) is 0 Å². The molecule has 114 valence electrons. The number of hydrogen-bond acceptors (Lipinski definition) is 4. The smallest absolute Gasteiger partial charge is 0.0847 e. The van der Waals surface area contributed by atoms with E-state index in [1.165, 1.54) is 34.9 Å². The van der Waals surface area contributed by atoms with E-state index in [0.29, 0.717) is 0 Å². The minimum absolute atomic E-state index is 0.115. The number of benzene rings is 1. The molecule has 0 bridgehead atoms. The summed E-state index contributed by atoms with van der Waals surface area (Å²) in [7, 11) is 1.83. The minimum atomic E-state index is -0.115. The number of hydrogen-bond donors (Lipinski definition) is 2. The van der Waals surface area contributed by atoms with Crippen LogP contribution in [0.3, 0.4) is 0 Å². The van der Waals surface area contributed by atoms with E-state index in [1.54, 1.807) is 0 Å². The van der Waals surface area contributed by atoms with Gasteiger partial charge in [0, 0.05) is 11.8 Å². The summed E-state index contributed by atoms with van der Waals surface area (Å²) in [4.78, 5) is 0. The summed E-state index contributed by atoms with van der Waals surface area (Å²) in [6.45, 7) is 0. The Morgan fingerprint density at radius 3 is 2.76 bits per heavy atom. The molecule has 1 aromatic heterocycles. The van der Waals surface area contributed by atoms with Gasteiger partial charge in [-0.1, -0.05) is 37.5 Å². The average molecular weight is 304 g/mol. The molecule has 3 N–H and O–H groups in total. The number of ether oxygens (including phenoxy) is 1. The molecule has 0 aliphatic heterocycles. The Hall–Kier alpha value is -0.940. The second-order valence-electron chi connectivity index (χ2n) is 6.01. The van der Waals surface area contributed by atoms with Crippen LogP contribution in [0, 0.1) is 0 Å². The molecule has 0 amide bonds. The summed E-state index contributed by atoms with van der Waals surface area (Å²) in [5, 5.41) is 3.62. The van der Waals surface area contributed by atoms with Gasteiger partial charge in [-0.15, -0.1) is 11.3 Å². The van der Waals surface area contributed by atoms with Crippen molar-refractivity contribution >= 4 is 21.4 Å². The lowest BCUT2D eigenvalue weighted by Gasteiger charge is -2.42. The predicted octanol–water partition coefficient (Wildman–Crippen LogP) is 3.63. The highest BCUT2D eigenvalue weighted by Gasteiger charge is 2.39. The van der Waals surface area contributed by atoms with Gasteiger partial charge in [0.05, 0.1) is 11.6 Å². The lowest BCUT2D eigenvalue weighted by Crippen LogP contribution is -2.56. The molecule has 2 aromatic rings. The summed E-state index contributed by atoms with van der Waals surface area (Å²) in [6, 6.07) is 8.76. The van der Waals surface area contributed by atoms with Gasteiger partial charge in [-0.25, -0.2) is 0 Å². The second-order valence-corrected chi connectivity index (χ2v) is 6.92. The fourth-order valence-electron chi connectivity index (χ4n) is 3.65. The van der Waals surface area contributed by atoms with Crippen LogP contribution in [0.5, 0.6) is 0 Å². The van der Waals surface area contributed by atoms with Gasteiger partial charge >= 0.3 is 0 Å². The first-order valence-corrected chi connectivity index (χ1v) is 8.63. The lowest BCUT2D eigenvalue weighted by molar-refractivity contribution is -0.0673. The SMILES string of the molecule is COC1(C(Cc2csc3ccccc23)NN)CCCCC1. The molecule has 1 saturated carbocycles. The normalized spacial score (nSPS) is 19.7. The third-order valence-corrected chi connectivity index (χ3v) is 5.94. The number of thiophene rings is 1. The topological polar surface area (TPSA) is 47.3 Å². The Morgan fingerprint density at radius 2 is 2.05 bits per heavy atom. The molecule has 21 heavy (non-hydrogen) atoms. The molecule has 1 aliphatic rings. The first-order valence-electron chi connectivity index (χ1n) is 7.75. The monoisotopic (exact) mass is 304 g/mol. The van der Waals surface area contributed by atoms with Gasteiger partial charge < -0.3 is 4.74 Å². The number of rotatable bonds is 5. The summed E-state index contributed by atoms with van der Waals surface area (Å²) in [5.74, 6) is 5.90. The zero-order valence-corrected chi connectivity index (χ0v) is 13.4. The quantitative estimate of drug-likeness (QED) is 0.655. The van der Waals surface area contributed by atoms with E-state index in [9.17, 15) is 0 Å². The van der Waals surface area contributed by atoms with Crippen molar-refractivity contribution in [3.8, 4) is 0 Å². The van der Waals surface area contributed by atoms with Crippen molar-refractivity contribution in [3.63, 3.8) is 0 Å². The van der Waals surface area contributed by atoms with Crippen molar-refractivity contribution < 1.29 is 4.74 Å². The van der Waals surface area contributed by atoms with Gasteiger partial charge in [0.25, 0.3) is 0 Å². The van der Waals surface area contributed by atoms with Crippen LogP contribution in [0.4, 0.5) is 0 Å². The van der Waals surface area contributed by atoms with Crippen molar-refractivity contribution in [1.82, 2.24) is 5.43 Å². The first-order chi connectivity index (χ1) is 10.3. The van der Waals surface area contributed by atoms with Crippen LogP contribution >= 0.6 is 11.3 Å². The van der Waals surface area contributed by atoms with Crippen LogP contribution in [0.25, 0.3) is 10.1 Å². The highest BCUT2D eigenvalue weighted by Crippen LogP contribution is 2.36. The molecule has 0 saturated heterocycles. The number of fused-ring (bicyclic) bond motifs is 1. The Bertz CT molecular complexity index is 589. The van der Waals surface area contributed by atoms with E-state index >= 15 is 0 Å². The summed E-state index contributed by atoms with van der Waals surface area (Å²) < 4.78 is 7.30. The molecule has 4 heteroatoms. The van der Waals surface area contributed by atoms with Crippen LogP contribution in [-0.4, -0.2) is 18.8 Å². The molecule has 1 fully saturated rings. The molecule has 1 atom stereocenters. The average Bonchev–Trinajstić information content (AvgIpc) is 2.96. The van der Waals surface area contributed by atoms with Crippen LogP contribution in [0.15, 0.2) is 29.6 Å². The fourth-order valence-corrected chi connectivity index (χ4v) is 4.63. The number of nitrogens with two attached hydrogens (primary N) is 1. The zero-order valence-electron chi connectivity index (χ0n) is 12.6. The molecule has 3 nitrogen and oxygen atoms in total. The Balaban J connectivity index is 1.86. The molecule has 1 aromatic carbocycles. The maximum Gasteiger partial charge on any atom is 0.0847 e. The van der Waals surface area contributed by atoms with Gasteiger partial charge in [0.2, 0.25) is 0 Å². The van der Waals surface area contributed by atoms with Gasteiger partial charge in [-0.05, 0) is 41.7 Å². The van der Waals surface area contributed by atoms with Crippen molar-refractivity contribution in [2.24, 2.45) is 5.84 Å². The van der Waals surface area contributed by atoms with E-state index in [0.717, 1.165) is 19.3 Å². The molecular weight excluding hydrogens is 280 g/mol. The first kappa shape index (κ1) is 15.0. The summed E-state index contributed by atoms with van der Waals surface area (Å²) in [6.07, 6.45) is 6.89. The van der Waals surface area contributed by atoms with Crippen LogP contribution < -0.4 is 11.3 Å². The van der Waals surface area contributed by atoms with Crippen molar-refractivity contribution in [2.75, 3.05) is 7.11 Å². The zero-order chi connectivity index (χ0) is 14.7. The Kier molecular flexibility index (Phi) is 4.60. The van der Waals surface area contributed by atoms with Crippen LogP contribution in [-0.2, 0) is 11.2 Å². The largest absolute Gasteiger partial charge is 0.377 e. The maximum atomic E-state index is 5.95. The third kappa shape index (κ3) is 2.86. The van der Waals surface area contributed by atoms with Gasteiger partial charge in [-0.3, -0.25) is 11.3 Å². The highest BCUT2D eigenvalue weighted by atomic mass is 32.1. The minimum Gasteiger partial charge on any atom is -0.377 e. The van der Waals surface area contributed by atoms with E-state index in [2.05, 4.69) is 35.1 Å². The lowest BCUT2D eigenvalue weighted by atomic mass is 9.77. The molecule has 1 heterocycles. The molecule has 0 radical (unpaired) electrons. The maximum absolute atomic E-state index is 5.95. The molecule has 1 unspecified atom stereocenters. The van der Waals surface area contributed by atoms with Crippen molar-refractivity contribution in [1.29, 1.82) is 0 Å². The van der Waals surface area contributed by atoms with Gasteiger partial charge in [0.15, 0.2) is 0 Å². The van der Waals surface area contributed by atoms with Crippen molar-refractivity contribution in [3.05, 3.63) is 35.2 Å². The molecule has 1 aliphatic carbocycles. The predicted molar refractivity (Wildman–Crippen MR) is 89.5 cm³/mol. The number of hydrazine groups is 1. The van der Waals surface area contributed by atoms with Crippen LogP contribution in [0.2, 0.25) is 0 Å². The van der Waals surface area contributed by atoms with E-state index < -0.39 is 0 Å². The molecule has 3 rings (SSSR count). The van der Waals surface area contributed by atoms with Crippen molar-refractivity contribution in [2.45, 2.75) is 50.2 Å². The number of methoxy groups -OCH3 is 1. The Morgan fingerprint density at radius 1 is 1.29 bits per heavy atom. The highest BCUT2D eigenvalue weighted by molar-refractivity contribution is 7.17. The summed E-state index contributed by atoms with van der Waals surface area (Å²) >= 11 is 1.81. The second kappa shape index (κ2) is 6.44. The van der Waals surface area contributed by atoms with Gasteiger partial charge in [0.1, 0.15) is 0 Å². The number of nitrogens with one attached hydrogen (secondary N) is 1. The molecule has 0 spiro atoms. The van der Waals surface area contributed by atoms with E-state index in [4.69, 9.17) is 10.6 Å². The third-order valence-electron chi connectivity index (χ3n) is 4.93. The summed E-state index contributed by atoms with van der Waals surface area (Å²) in [5.41, 5.74) is 4.31. The van der Waals surface area contributed by atoms with E-state index in [1.807, 2.05) is 18.4 Å². The Labute approximate surface area is 130 Å². The van der Waals surface area contributed by atoms with Crippen LogP contribution in [0.1, 0.15) is 37.7 Å². The standard InChI is InChI=1S/C17H24N2OS/c1-20-17(9-5-2-6-10-17)16(19-18)11-13-12-21-15-8-4-3-7-14(13)15/h3-4,7-8,12,16,19H,2,5-6,9-11,18H2,1H3. The molecular formula is C17H24N2OS. The van der Waals surface area contributed by atoms with E-state index in [-0.39, 0.29) is 11.6 Å². The fraction of sp³-hybridized carbons (Fsp3) is 0.529.